The minimum absolute atomic E-state index is 0.201. The van der Waals surface area contributed by atoms with Crippen LogP contribution >= 0.6 is 0 Å². The van der Waals surface area contributed by atoms with E-state index in [0.717, 1.165) is 0 Å². The predicted molar refractivity (Wildman–Crippen MR) is 112 cm³/mol. The highest BCUT2D eigenvalue weighted by Gasteiger charge is 2.22. The number of guanidine groups is 1. The number of hydrogen-bond acceptors (Lipinski definition) is 8. The third kappa shape index (κ3) is 8.46. The lowest BCUT2D eigenvalue weighted by Gasteiger charge is -2.22. The fourth-order valence-corrected chi connectivity index (χ4v) is 2.15. The second-order valence-electron chi connectivity index (χ2n) is 8.10. The van der Waals surface area contributed by atoms with Crippen LogP contribution in [0.5, 0.6) is 17.2 Å². The van der Waals surface area contributed by atoms with Crippen LogP contribution in [0.15, 0.2) is 17.1 Å². The monoisotopic (exact) mass is 425 g/mol. The minimum Gasteiger partial charge on any atom is -0.493 e. The maximum atomic E-state index is 12.2. The average Bonchev–Trinajstić information content (AvgIpc) is 2.57. The number of rotatable bonds is 4. The molecule has 0 saturated heterocycles. The third-order valence-corrected chi connectivity index (χ3v) is 3.13. The molecular formula is C20H31N3O7. The Morgan fingerprint density at radius 3 is 1.47 bits per heavy atom. The van der Waals surface area contributed by atoms with Gasteiger partial charge < -0.3 is 23.7 Å². The second-order valence-corrected chi connectivity index (χ2v) is 8.10. The topological polar surface area (TPSA) is 117 Å². The van der Waals surface area contributed by atoms with Crippen LogP contribution in [0.4, 0.5) is 15.3 Å². The lowest BCUT2D eigenvalue weighted by molar-refractivity contribution is 0.0545. The van der Waals surface area contributed by atoms with Gasteiger partial charge in [-0.05, 0) is 41.5 Å². The predicted octanol–water partition coefficient (Wildman–Crippen LogP) is 3.75. The molecule has 0 heterocycles. The van der Waals surface area contributed by atoms with Crippen LogP contribution in [0.25, 0.3) is 0 Å². The quantitative estimate of drug-likeness (QED) is 0.557. The van der Waals surface area contributed by atoms with Crippen LogP contribution in [0.1, 0.15) is 41.5 Å². The molecule has 1 rings (SSSR count). The van der Waals surface area contributed by atoms with Gasteiger partial charge in [0.05, 0.1) is 27.0 Å². The SMILES string of the molecule is COc1cc(N=C(NC(=O)OC(C)(C)C)NC(=O)OC(C)(C)C)cc(OC)c1OC. The van der Waals surface area contributed by atoms with Gasteiger partial charge in [-0.3, -0.25) is 10.6 Å². The van der Waals surface area contributed by atoms with Crippen molar-refractivity contribution in [3.05, 3.63) is 12.1 Å². The van der Waals surface area contributed by atoms with E-state index < -0.39 is 23.4 Å². The lowest BCUT2D eigenvalue weighted by Crippen LogP contribution is -2.47. The van der Waals surface area contributed by atoms with Crippen molar-refractivity contribution in [3.8, 4) is 17.2 Å². The number of ether oxygens (including phenoxy) is 5. The van der Waals surface area contributed by atoms with Crippen LogP contribution in [-0.4, -0.2) is 50.7 Å². The zero-order valence-corrected chi connectivity index (χ0v) is 19.0. The molecule has 0 aromatic heterocycles. The van der Waals surface area contributed by atoms with Gasteiger partial charge in [-0.1, -0.05) is 0 Å². The van der Waals surface area contributed by atoms with Gasteiger partial charge in [-0.2, -0.15) is 0 Å². The van der Waals surface area contributed by atoms with E-state index in [2.05, 4.69) is 15.6 Å². The first-order chi connectivity index (χ1) is 13.8. The molecule has 10 nitrogen and oxygen atoms in total. The molecule has 2 amide bonds. The van der Waals surface area contributed by atoms with E-state index >= 15 is 0 Å². The van der Waals surface area contributed by atoms with E-state index in [1.807, 2.05) is 0 Å². The van der Waals surface area contributed by atoms with Gasteiger partial charge in [-0.25, -0.2) is 14.6 Å². The van der Waals surface area contributed by atoms with Crippen LogP contribution in [0.3, 0.4) is 0 Å². The highest BCUT2D eigenvalue weighted by Crippen LogP contribution is 2.40. The zero-order chi connectivity index (χ0) is 23.1. The van der Waals surface area contributed by atoms with Crippen LogP contribution in [0, 0.1) is 0 Å². The molecule has 0 saturated carbocycles. The van der Waals surface area contributed by atoms with E-state index in [-0.39, 0.29) is 5.96 Å². The van der Waals surface area contributed by atoms with Gasteiger partial charge in [0.2, 0.25) is 11.7 Å². The molecule has 0 aliphatic rings. The normalized spacial score (nSPS) is 11.1. The number of carbonyl (C=O) groups is 2. The number of hydrogen-bond donors (Lipinski definition) is 2. The summed E-state index contributed by atoms with van der Waals surface area (Å²) in [5, 5.41) is 4.81. The van der Waals surface area contributed by atoms with Gasteiger partial charge in [0.15, 0.2) is 11.5 Å². The van der Waals surface area contributed by atoms with Crippen LogP contribution < -0.4 is 24.8 Å². The Bertz CT molecular complexity index is 736. The Labute approximate surface area is 176 Å². The van der Waals surface area contributed by atoms with Crippen molar-refractivity contribution in [3.63, 3.8) is 0 Å². The standard InChI is InChI=1S/C20H31N3O7/c1-19(2,3)29-17(24)22-16(23-18(25)30-20(4,5)6)21-12-10-13(26-7)15(28-9)14(11-12)27-8/h10-11H,1-9H3,(H2,21,22,23,24,25). The van der Waals surface area contributed by atoms with Gasteiger partial charge in [0.1, 0.15) is 11.2 Å². The molecule has 0 aliphatic heterocycles. The molecule has 1 aromatic carbocycles. The third-order valence-electron chi connectivity index (χ3n) is 3.13. The van der Waals surface area contributed by atoms with Crippen molar-refractivity contribution < 1.29 is 33.3 Å². The first-order valence-electron chi connectivity index (χ1n) is 9.16. The number of amides is 2. The van der Waals surface area contributed by atoms with E-state index in [9.17, 15) is 9.59 Å². The molecule has 0 spiro atoms. The van der Waals surface area contributed by atoms with Gasteiger partial charge in [0, 0.05) is 12.1 Å². The Hall–Kier alpha value is -3.17. The summed E-state index contributed by atoms with van der Waals surface area (Å²) in [6.45, 7) is 10.3. The molecule has 30 heavy (non-hydrogen) atoms. The van der Waals surface area contributed by atoms with Crippen molar-refractivity contribution in [2.45, 2.75) is 52.7 Å². The maximum Gasteiger partial charge on any atom is 0.414 e. The summed E-state index contributed by atoms with van der Waals surface area (Å²) >= 11 is 0. The minimum atomic E-state index is -0.801. The second kappa shape index (κ2) is 10.0. The van der Waals surface area contributed by atoms with E-state index in [0.29, 0.717) is 22.9 Å². The number of methoxy groups -OCH3 is 3. The van der Waals surface area contributed by atoms with Crippen molar-refractivity contribution in [2.24, 2.45) is 4.99 Å². The van der Waals surface area contributed by atoms with Gasteiger partial charge >= 0.3 is 12.2 Å². The maximum absolute atomic E-state index is 12.2. The molecule has 2 N–H and O–H groups in total. The van der Waals surface area contributed by atoms with E-state index in [1.54, 1.807) is 53.7 Å². The number of nitrogens with zero attached hydrogens (tertiary/aromatic N) is 1. The summed E-state index contributed by atoms with van der Waals surface area (Å²) in [5.41, 5.74) is -1.17. The number of nitrogens with one attached hydrogen (secondary N) is 2. The summed E-state index contributed by atoms with van der Waals surface area (Å²) in [7, 11) is 4.40. The van der Waals surface area contributed by atoms with Crippen molar-refractivity contribution in [1.29, 1.82) is 0 Å². The van der Waals surface area contributed by atoms with Crippen LogP contribution in [-0.2, 0) is 9.47 Å². The Balaban J connectivity index is 3.30. The summed E-state index contributed by atoms with van der Waals surface area (Å²) in [4.78, 5) is 28.7. The number of aliphatic imine (C=N–C) groups is 1. The molecule has 168 valence electrons. The average molecular weight is 425 g/mol. The highest BCUT2D eigenvalue weighted by atomic mass is 16.6. The van der Waals surface area contributed by atoms with Crippen LogP contribution in [0.2, 0.25) is 0 Å². The number of alkyl carbamates (subject to hydrolysis) is 2. The molecule has 10 heteroatoms. The first-order valence-corrected chi connectivity index (χ1v) is 9.16. The molecular weight excluding hydrogens is 394 g/mol. The summed E-state index contributed by atoms with van der Waals surface area (Å²) in [5.74, 6) is 0.877. The molecule has 1 aromatic rings. The van der Waals surface area contributed by atoms with Crippen molar-refractivity contribution in [1.82, 2.24) is 10.6 Å². The van der Waals surface area contributed by atoms with Gasteiger partial charge in [-0.15, -0.1) is 0 Å². The number of benzene rings is 1. The first kappa shape index (κ1) is 24.9. The molecule has 0 fully saturated rings. The summed E-state index contributed by atoms with van der Waals surface area (Å²) < 4.78 is 26.3. The smallest absolute Gasteiger partial charge is 0.414 e. The molecule has 0 aliphatic carbocycles. The zero-order valence-electron chi connectivity index (χ0n) is 19.0. The largest absolute Gasteiger partial charge is 0.493 e. The van der Waals surface area contributed by atoms with Gasteiger partial charge in [0.25, 0.3) is 0 Å². The fourth-order valence-electron chi connectivity index (χ4n) is 2.15. The summed E-state index contributed by atoms with van der Waals surface area (Å²) in [6, 6.07) is 3.10. The molecule has 0 radical (unpaired) electrons. The van der Waals surface area contributed by atoms with E-state index in [4.69, 9.17) is 23.7 Å². The van der Waals surface area contributed by atoms with Crippen molar-refractivity contribution in [2.75, 3.05) is 21.3 Å². The molecule has 0 unspecified atom stereocenters. The number of carbonyl (C=O) groups excluding carboxylic acids is 2. The molecule has 0 bridgehead atoms. The summed E-state index contributed by atoms with van der Waals surface area (Å²) in [6.07, 6.45) is -1.60. The Kier molecular flexibility index (Phi) is 8.32. The fraction of sp³-hybridized carbons (Fsp3) is 0.550. The highest BCUT2D eigenvalue weighted by molar-refractivity contribution is 6.02. The lowest BCUT2D eigenvalue weighted by atomic mass is 10.2. The van der Waals surface area contributed by atoms with Crippen molar-refractivity contribution >= 4 is 23.8 Å². The molecule has 0 atom stereocenters. The van der Waals surface area contributed by atoms with E-state index in [1.165, 1.54) is 21.3 Å². The Morgan fingerprint density at radius 1 is 0.767 bits per heavy atom. The Morgan fingerprint density at radius 2 is 1.17 bits per heavy atom.